The molecular formula is C15H21N3O. The van der Waals surface area contributed by atoms with Gasteiger partial charge in [0, 0.05) is 18.7 Å². The number of hydrogen-bond acceptors (Lipinski definition) is 4. The molecule has 4 nitrogen and oxygen atoms in total. The van der Waals surface area contributed by atoms with Gasteiger partial charge in [-0.2, -0.15) is 0 Å². The van der Waals surface area contributed by atoms with Gasteiger partial charge in [0.2, 0.25) is 0 Å². The van der Waals surface area contributed by atoms with E-state index in [0.717, 1.165) is 37.4 Å². The molecule has 1 aromatic heterocycles. The predicted octanol–water partition coefficient (Wildman–Crippen LogP) is 2.55. The normalized spacial score (nSPS) is 12.5. The van der Waals surface area contributed by atoms with Gasteiger partial charge >= 0.3 is 0 Å². The van der Waals surface area contributed by atoms with Crippen molar-refractivity contribution in [1.82, 2.24) is 10.5 Å². The summed E-state index contributed by atoms with van der Waals surface area (Å²) in [5, 5.41) is 7.28. The zero-order chi connectivity index (χ0) is 13.5. The van der Waals surface area contributed by atoms with Gasteiger partial charge in [-0.15, -0.1) is 0 Å². The van der Waals surface area contributed by atoms with E-state index in [-0.39, 0.29) is 6.04 Å². The minimum absolute atomic E-state index is 0.122. The third-order valence-electron chi connectivity index (χ3n) is 3.08. The van der Waals surface area contributed by atoms with Crippen molar-refractivity contribution >= 4 is 0 Å². The van der Waals surface area contributed by atoms with Crippen LogP contribution in [0.3, 0.4) is 0 Å². The molecular weight excluding hydrogens is 238 g/mol. The monoisotopic (exact) mass is 259 g/mol. The van der Waals surface area contributed by atoms with Gasteiger partial charge in [-0.3, -0.25) is 0 Å². The molecule has 0 aliphatic carbocycles. The lowest BCUT2D eigenvalue weighted by molar-refractivity contribution is 0.388. The Morgan fingerprint density at radius 2 is 2.11 bits per heavy atom. The van der Waals surface area contributed by atoms with Gasteiger partial charge in [0.05, 0.1) is 5.69 Å². The van der Waals surface area contributed by atoms with Crippen molar-refractivity contribution in [3.63, 3.8) is 0 Å². The van der Waals surface area contributed by atoms with Gasteiger partial charge in [-0.25, -0.2) is 0 Å². The van der Waals surface area contributed by atoms with Crippen LogP contribution >= 0.6 is 0 Å². The van der Waals surface area contributed by atoms with E-state index < -0.39 is 0 Å². The minimum Gasteiger partial charge on any atom is -0.361 e. The third-order valence-corrected chi connectivity index (χ3v) is 3.08. The Kier molecular flexibility index (Phi) is 5.12. The average molecular weight is 259 g/mol. The number of aromatic nitrogens is 1. The van der Waals surface area contributed by atoms with E-state index in [1.54, 1.807) is 0 Å². The van der Waals surface area contributed by atoms with Crippen molar-refractivity contribution in [2.75, 3.05) is 6.54 Å². The molecule has 4 heteroatoms. The fraction of sp³-hybridized carbons (Fsp3) is 0.400. The first-order valence-corrected chi connectivity index (χ1v) is 6.69. The van der Waals surface area contributed by atoms with Gasteiger partial charge in [-0.05, 0) is 31.9 Å². The maximum absolute atomic E-state index is 6.14. The molecule has 3 N–H and O–H groups in total. The zero-order valence-electron chi connectivity index (χ0n) is 11.3. The number of benzene rings is 1. The molecule has 0 aliphatic rings. The molecule has 2 rings (SSSR count). The second-order valence-electron chi connectivity index (χ2n) is 4.77. The van der Waals surface area contributed by atoms with Gasteiger partial charge < -0.3 is 15.6 Å². The molecule has 2 aromatic rings. The first-order valence-electron chi connectivity index (χ1n) is 6.69. The van der Waals surface area contributed by atoms with Crippen LogP contribution in [0.1, 0.15) is 35.9 Å². The summed E-state index contributed by atoms with van der Waals surface area (Å²) in [6.07, 6.45) is 2.03. The molecule has 0 aliphatic heterocycles. The molecule has 0 fully saturated rings. The smallest absolute Gasteiger partial charge is 0.133 e. The summed E-state index contributed by atoms with van der Waals surface area (Å²) in [6.45, 7) is 3.58. The molecule has 0 bridgehead atoms. The molecule has 1 heterocycles. The number of nitrogens with zero attached hydrogens (tertiary/aromatic N) is 1. The molecule has 1 atom stereocenters. The fourth-order valence-electron chi connectivity index (χ4n) is 2.03. The van der Waals surface area contributed by atoms with E-state index in [9.17, 15) is 0 Å². The highest BCUT2D eigenvalue weighted by atomic mass is 16.5. The van der Waals surface area contributed by atoms with Crippen molar-refractivity contribution in [2.24, 2.45) is 5.73 Å². The van der Waals surface area contributed by atoms with Crippen LogP contribution in [-0.4, -0.2) is 11.7 Å². The molecule has 1 aromatic carbocycles. The highest BCUT2D eigenvalue weighted by molar-refractivity contribution is 5.18. The maximum atomic E-state index is 6.14. The molecule has 1 unspecified atom stereocenters. The maximum Gasteiger partial charge on any atom is 0.133 e. The molecule has 0 amide bonds. The second-order valence-corrected chi connectivity index (χ2v) is 4.77. The third kappa shape index (κ3) is 4.50. The number of rotatable bonds is 7. The Morgan fingerprint density at radius 3 is 2.79 bits per heavy atom. The van der Waals surface area contributed by atoms with Crippen LogP contribution in [0.15, 0.2) is 40.9 Å². The molecule has 19 heavy (non-hydrogen) atoms. The summed E-state index contributed by atoms with van der Waals surface area (Å²) < 4.78 is 5.01. The van der Waals surface area contributed by atoms with Crippen molar-refractivity contribution < 1.29 is 4.52 Å². The number of aryl methyl sites for hydroxylation is 1. The Labute approximate surface area is 114 Å². The lowest BCUT2D eigenvalue weighted by Crippen LogP contribution is -2.17. The molecule has 0 spiro atoms. The van der Waals surface area contributed by atoms with Crippen LogP contribution in [0.2, 0.25) is 0 Å². The predicted molar refractivity (Wildman–Crippen MR) is 75.6 cm³/mol. The summed E-state index contributed by atoms with van der Waals surface area (Å²) in [5.41, 5.74) is 8.29. The molecule has 0 saturated carbocycles. The highest BCUT2D eigenvalue weighted by Crippen LogP contribution is 2.14. The summed E-state index contributed by atoms with van der Waals surface area (Å²) in [4.78, 5) is 0. The topological polar surface area (TPSA) is 64.1 Å². The van der Waals surface area contributed by atoms with E-state index in [1.165, 1.54) is 5.56 Å². The number of nitrogens with two attached hydrogens (primary N) is 1. The summed E-state index contributed by atoms with van der Waals surface area (Å²) in [6, 6.07) is 12.3. The zero-order valence-corrected chi connectivity index (χ0v) is 11.3. The molecule has 102 valence electrons. The van der Waals surface area contributed by atoms with E-state index in [1.807, 2.05) is 31.2 Å². The Morgan fingerprint density at radius 1 is 1.32 bits per heavy atom. The lowest BCUT2D eigenvalue weighted by atomic mass is 10.0. The van der Waals surface area contributed by atoms with Crippen molar-refractivity contribution in [2.45, 2.75) is 32.4 Å². The Bertz CT molecular complexity index is 481. The highest BCUT2D eigenvalue weighted by Gasteiger charge is 2.04. The summed E-state index contributed by atoms with van der Waals surface area (Å²) in [7, 11) is 0. The van der Waals surface area contributed by atoms with E-state index >= 15 is 0 Å². The van der Waals surface area contributed by atoms with Gasteiger partial charge in [0.25, 0.3) is 0 Å². The van der Waals surface area contributed by atoms with Crippen molar-refractivity contribution in [3.8, 4) is 0 Å². The molecule has 0 saturated heterocycles. The van der Waals surface area contributed by atoms with E-state index in [4.69, 9.17) is 10.3 Å². The van der Waals surface area contributed by atoms with Crippen LogP contribution in [-0.2, 0) is 6.54 Å². The Balaban J connectivity index is 1.62. The van der Waals surface area contributed by atoms with Gasteiger partial charge in [0.15, 0.2) is 0 Å². The summed E-state index contributed by atoms with van der Waals surface area (Å²) in [5.74, 6) is 0.850. The lowest BCUT2D eigenvalue weighted by Gasteiger charge is -2.11. The minimum atomic E-state index is 0.122. The molecule has 0 radical (unpaired) electrons. The SMILES string of the molecule is Cc1cc(CNCCCC(N)c2ccccc2)no1. The first-order chi connectivity index (χ1) is 9.25. The van der Waals surface area contributed by atoms with E-state index in [2.05, 4.69) is 22.6 Å². The van der Waals surface area contributed by atoms with Gasteiger partial charge in [0.1, 0.15) is 5.76 Å². The van der Waals surface area contributed by atoms with Crippen LogP contribution in [0.25, 0.3) is 0 Å². The second kappa shape index (κ2) is 7.07. The van der Waals surface area contributed by atoms with Crippen LogP contribution in [0.5, 0.6) is 0 Å². The largest absolute Gasteiger partial charge is 0.361 e. The number of hydrogen-bond donors (Lipinski definition) is 2. The quantitative estimate of drug-likeness (QED) is 0.750. The van der Waals surface area contributed by atoms with Crippen LogP contribution in [0.4, 0.5) is 0 Å². The number of nitrogens with one attached hydrogen (secondary N) is 1. The fourth-order valence-corrected chi connectivity index (χ4v) is 2.03. The van der Waals surface area contributed by atoms with Crippen molar-refractivity contribution in [3.05, 3.63) is 53.4 Å². The van der Waals surface area contributed by atoms with Crippen molar-refractivity contribution in [1.29, 1.82) is 0 Å². The van der Waals surface area contributed by atoms with Gasteiger partial charge in [-0.1, -0.05) is 35.5 Å². The van der Waals surface area contributed by atoms with E-state index in [0.29, 0.717) is 0 Å². The Hall–Kier alpha value is -1.65. The first kappa shape index (κ1) is 13.8. The van der Waals surface area contributed by atoms with Crippen LogP contribution in [0, 0.1) is 6.92 Å². The summed E-state index contributed by atoms with van der Waals surface area (Å²) >= 11 is 0. The average Bonchev–Trinajstić information content (AvgIpc) is 2.85. The van der Waals surface area contributed by atoms with Crippen LogP contribution < -0.4 is 11.1 Å². The standard InChI is InChI=1S/C15H21N3O/c1-12-10-14(18-19-12)11-17-9-5-8-15(16)13-6-3-2-4-7-13/h2-4,6-7,10,15,17H,5,8-9,11,16H2,1H3.